The van der Waals surface area contributed by atoms with E-state index in [1.54, 1.807) is 0 Å². The van der Waals surface area contributed by atoms with Crippen molar-refractivity contribution in [2.45, 2.75) is 72.5 Å². The molecule has 1 N–H and O–H groups in total. The minimum Gasteiger partial charge on any atom is -0.310 e. The molecule has 1 aromatic rings. The zero-order valence-electron chi connectivity index (χ0n) is 13.2. The van der Waals surface area contributed by atoms with Gasteiger partial charge in [0.15, 0.2) is 0 Å². The second kappa shape index (κ2) is 6.90. The van der Waals surface area contributed by atoms with Crippen molar-refractivity contribution in [3.63, 3.8) is 0 Å². The Labute approximate surface area is 117 Å². The lowest BCUT2D eigenvalue weighted by Gasteiger charge is -2.22. The van der Waals surface area contributed by atoms with Gasteiger partial charge in [0.2, 0.25) is 0 Å². The van der Waals surface area contributed by atoms with Gasteiger partial charge in [-0.15, -0.1) is 0 Å². The molecule has 0 amide bonds. The lowest BCUT2D eigenvalue weighted by molar-refractivity contribution is 0.477. The first-order chi connectivity index (χ1) is 8.88. The number of aromatic nitrogens is 1. The molecular weight excluding hydrogens is 236 g/mol. The molecule has 3 nitrogen and oxygen atoms in total. The van der Waals surface area contributed by atoms with Crippen LogP contribution in [0.5, 0.6) is 0 Å². The molecule has 0 fully saturated rings. The number of nitrogens with zero attached hydrogens (tertiary/aromatic N) is 1. The summed E-state index contributed by atoms with van der Waals surface area (Å²) >= 11 is 0. The standard InChI is InChI=1S/C16H28N2O/c1-7-13(6)18-15(11(2)3)9-8-14(16(18)19)10-17-12(4)5/h8-9,11-13,17H,7,10H2,1-6H3. The summed E-state index contributed by atoms with van der Waals surface area (Å²) in [6.07, 6.45) is 0.973. The van der Waals surface area contributed by atoms with Gasteiger partial charge < -0.3 is 9.88 Å². The van der Waals surface area contributed by atoms with Crippen molar-refractivity contribution in [3.05, 3.63) is 33.7 Å². The number of rotatable bonds is 6. The van der Waals surface area contributed by atoms with Gasteiger partial charge in [0, 0.05) is 29.9 Å². The molecule has 0 aliphatic rings. The van der Waals surface area contributed by atoms with Crippen molar-refractivity contribution in [3.8, 4) is 0 Å². The molecular formula is C16H28N2O. The average molecular weight is 264 g/mol. The SMILES string of the molecule is CCC(C)n1c(C(C)C)ccc(CNC(C)C)c1=O. The van der Waals surface area contributed by atoms with E-state index >= 15 is 0 Å². The smallest absolute Gasteiger partial charge is 0.255 e. The maximum Gasteiger partial charge on any atom is 0.255 e. The lowest BCUT2D eigenvalue weighted by atomic mass is 10.1. The fraction of sp³-hybridized carbons (Fsp3) is 0.688. The molecule has 3 heteroatoms. The predicted molar refractivity (Wildman–Crippen MR) is 81.8 cm³/mol. The molecule has 1 unspecified atom stereocenters. The van der Waals surface area contributed by atoms with Crippen LogP contribution in [0.3, 0.4) is 0 Å². The summed E-state index contributed by atoms with van der Waals surface area (Å²) in [5.41, 5.74) is 2.15. The fourth-order valence-corrected chi connectivity index (χ4v) is 2.17. The van der Waals surface area contributed by atoms with Crippen LogP contribution < -0.4 is 10.9 Å². The Morgan fingerprint density at radius 2 is 1.79 bits per heavy atom. The normalized spacial score (nSPS) is 13.3. The van der Waals surface area contributed by atoms with Gasteiger partial charge in [-0.1, -0.05) is 40.7 Å². The molecule has 0 aromatic carbocycles. The summed E-state index contributed by atoms with van der Waals surface area (Å²) in [5, 5.41) is 3.32. The van der Waals surface area contributed by atoms with Crippen LogP contribution in [0.4, 0.5) is 0 Å². The van der Waals surface area contributed by atoms with E-state index in [0.29, 0.717) is 18.5 Å². The number of nitrogens with one attached hydrogen (secondary N) is 1. The zero-order chi connectivity index (χ0) is 14.6. The first-order valence-corrected chi connectivity index (χ1v) is 7.36. The third kappa shape index (κ3) is 3.93. The quantitative estimate of drug-likeness (QED) is 0.854. The van der Waals surface area contributed by atoms with E-state index < -0.39 is 0 Å². The first kappa shape index (κ1) is 16.0. The minimum atomic E-state index is 0.161. The molecule has 1 rings (SSSR count). The van der Waals surface area contributed by atoms with Crippen LogP contribution in [0.25, 0.3) is 0 Å². The number of hydrogen-bond acceptors (Lipinski definition) is 2. The molecule has 0 aliphatic heterocycles. The van der Waals surface area contributed by atoms with Gasteiger partial charge in [-0.3, -0.25) is 4.79 Å². The molecule has 0 saturated carbocycles. The van der Waals surface area contributed by atoms with E-state index in [0.717, 1.165) is 17.7 Å². The minimum absolute atomic E-state index is 0.161. The van der Waals surface area contributed by atoms with Gasteiger partial charge in [0.05, 0.1) is 0 Å². The molecule has 1 heterocycles. The second-order valence-electron chi connectivity index (χ2n) is 5.91. The summed E-state index contributed by atoms with van der Waals surface area (Å²) in [4.78, 5) is 12.6. The van der Waals surface area contributed by atoms with Crippen LogP contribution in [0, 0.1) is 0 Å². The third-order valence-corrected chi connectivity index (χ3v) is 3.55. The summed E-state index contributed by atoms with van der Waals surface area (Å²) in [6, 6.07) is 4.73. The maximum atomic E-state index is 12.6. The molecule has 0 saturated heterocycles. The summed E-state index contributed by atoms with van der Waals surface area (Å²) < 4.78 is 1.97. The number of hydrogen-bond donors (Lipinski definition) is 1. The van der Waals surface area contributed by atoms with E-state index in [9.17, 15) is 4.79 Å². The molecule has 19 heavy (non-hydrogen) atoms. The molecule has 1 aromatic heterocycles. The van der Waals surface area contributed by atoms with E-state index in [1.165, 1.54) is 0 Å². The van der Waals surface area contributed by atoms with Crippen LogP contribution in [-0.2, 0) is 6.54 Å². The Balaban J connectivity index is 3.22. The Morgan fingerprint density at radius 3 is 2.26 bits per heavy atom. The fourth-order valence-electron chi connectivity index (χ4n) is 2.17. The monoisotopic (exact) mass is 264 g/mol. The third-order valence-electron chi connectivity index (χ3n) is 3.55. The van der Waals surface area contributed by atoms with E-state index in [2.05, 4.69) is 52.9 Å². The van der Waals surface area contributed by atoms with Crippen LogP contribution >= 0.6 is 0 Å². The van der Waals surface area contributed by atoms with Gasteiger partial charge in [-0.25, -0.2) is 0 Å². The average Bonchev–Trinajstić information content (AvgIpc) is 2.35. The Kier molecular flexibility index (Phi) is 5.80. The molecule has 1 atom stereocenters. The van der Waals surface area contributed by atoms with E-state index in [-0.39, 0.29) is 11.6 Å². The van der Waals surface area contributed by atoms with E-state index in [1.807, 2.05) is 10.6 Å². The zero-order valence-corrected chi connectivity index (χ0v) is 13.2. The second-order valence-corrected chi connectivity index (χ2v) is 5.91. The molecule has 108 valence electrons. The van der Waals surface area contributed by atoms with Crippen molar-refractivity contribution in [2.75, 3.05) is 0 Å². The maximum absolute atomic E-state index is 12.6. The summed E-state index contributed by atoms with van der Waals surface area (Å²) in [7, 11) is 0. The van der Waals surface area contributed by atoms with Crippen molar-refractivity contribution in [1.82, 2.24) is 9.88 Å². The predicted octanol–water partition coefficient (Wildman–Crippen LogP) is 3.44. The van der Waals surface area contributed by atoms with Gasteiger partial charge in [0.1, 0.15) is 0 Å². The molecule has 0 aliphatic carbocycles. The highest BCUT2D eigenvalue weighted by Crippen LogP contribution is 2.19. The Bertz CT molecular complexity index is 460. The highest BCUT2D eigenvalue weighted by Gasteiger charge is 2.15. The van der Waals surface area contributed by atoms with E-state index in [4.69, 9.17) is 0 Å². The van der Waals surface area contributed by atoms with Crippen molar-refractivity contribution >= 4 is 0 Å². The number of pyridine rings is 1. The van der Waals surface area contributed by atoms with Gasteiger partial charge >= 0.3 is 0 Å². The van der Waals surface area contributed by atoms with Gasteiger partial charge in [-0.2, -0.15) is 0 Å². The topological polar surface area (TPSA) is 34.0 Å². The summed E-state index contributed by atoms with van der Waals surface area (Å²) in [6.45, 7) is 13.4. The molecule has 0 spiro atoms. The van der Waals surface area contributed by atoms with Crippen molar-refractivity contribution in [1.29, 1.82) is 0 Å². The largest absolute Gasteiger partial charge is 0.310 e. The summed E-state index contributed by atoms with van der Waals surface area (Å²) in [5.74, 6) is 0.369. The van der Waals surface area contributed by atoms with Gasteiger partial charge in [0.25, 0.3) is 5.56 Å². The first-order valence-electron chi connectivity index (χ1n) is 7.36. The van der Waals surface area contributed by atoms with Crippen LogP contribution in [0.15, 0.2) is 16.9 Å². The Morgan fingerprint density at radius 1 is 1.16 bits per heavy atom. The lowest BCUT2D eigenvalue weighted by Crippen LogP contribution is -2.33. The highest BCUT2D eigenvalue weighted by molar-refractivity contribution is 5.19. The van der Waals surface area contributed by atoms with Crippen LogP contribution in [0.2, 0.25) is 0 Å². The van der Waals surface area contributed by atoms with Crippen LogP contribution in [0.1, 0.15) is 71.2 Å². The van der Waals surface area contributed by atoms with Crippen molar-refractivity contribution < 1.29 is 0 Å². The highest BCUT2D eigenvalue weighted by atomic mass is 16.1. The Hall–Kier alpha value is -1.09. The van der Waals surface area contributed by atoms with Gasteiger partial charge in [-0.05, 0) is 25.3 Å². The van der Waals surface area contributed by atoms with Crippen molar-refractivity contribution in [2.24, 2.45) is 0 Å². The molecule has 0 bridgehead atoms. The van der Waals surface area contributed by atoms with Crippen LogP contribution in [-0.4, -0.2) is 10.6 Å². The molecule has 0 radical (unpaired) electrons.